The van der Waals surface area contributed by atoms with Gasteiger partial charge in [-0.2, -0.15) is 5.10 Å². The first-order valence-electron chi connectivity index (χ1n) is 8.46. The highest BCUT2D eigenvalue weighted by Gasteiger charge is 2.33. The minimum absolute atomic E-state index is 0.0314. The molecule has 4 rings (SSSR count). The molecule has 0 amide bonds. The van der Waals surface area contributed by atoms with E-state index in [9.17, 15) is 16.8 Å². The molecule has 0 aromatic carbocycles. The average molecular weight is 426 g/mol. The Morgan fingerprint density at radius 1 is 1.32 bits per heavy atom. The lowest BCUT2D eigenvalue weighted by atomic mass is 10.3. The van der Waals surface area contributed by atoms with Crippen molar-refractivity contribution in [2.45, 2.75) is 31.2 Å². The van der Waals surface area contributed by atoms with Crippen molar-refractivity contribution < 1.29 is 25.8 Å². The Balaban J connectivity index is 1.77. The van der Waals surface area contributed by atoms with Crippen molar-refractivity contribution in [2.24, 2.45) is 0 Å². The first-order valence-corrected chi connectivity index (χ1v) is 11.8. The van der Waals surface area contributed by atoms with Crippen LogP contribution in [-0.2, 0) is 19.9 Å². The van der Waals surface area contributed by atoms with Gasteiger partial charge in [0.05, 0.1) is 23.8 Å². The third-order valence-corrected chi connectivity index (χ3v) is 7.89. The molecule has 0 bridgehead atoms. The number of rotatable bonds is 5. The molecular formula is C16H18N4O6S2. The molecule has 1 atom stereocenters. The Hall–Kier alpha value is -2.60. The van der Waals surface area contributed by atoms with Gasteiger partial charge in [0, 0.05) is 6.07 Å². The molecule has 0 saturated carbocycles. The average Bonchev–Trinajstić information content (AvgIpc) is 3.34. The van der Waals surface area contributed by atoms with E-state index in [0.717, 1.165) is 0 Å². The highest BCUT2D eigenvalue weighted by Crippen LogP contribution is 2.32. The molecule has 0 unspecified atom stereocenters. The van der Waals surface area contributed by atoms with Crippen LogP contribution in [0.4, 0.5) is 5.82 Å². The molecule has 10 nitrogen and oxygen atoms in total. The topological polar surface area (TPSA) is 137 Å². The molecule has 12 heteroatoms. The molecule has 1 aliphatic heterocycles. The van der Waals surface area contributed by atoms with Crippen molar-refractivity contribution in [1.82, 2.24) is 14.9 Å². The number of sulfone groups is 1. The van der Waals surface area contributed by atoms with Gasteiger partial charge < -0.3 is 8.94 Å². The van der Waals surface area contributed by atoms with Crippen molar-refractivity contribution in [3.63, 3.8) is 0 Å². The molecule has 1 fully saturated rings. The standard InChI is InChI=1S/C16H18N4O6S2/c1-10-16(11(2)26-18-10)28(23,24)19-15-8-13(14-4-3-6-25-14)17-20(15)12-5-7-27(21,22)9-12/h3-4,6,8,12,19H,5,7,9H2,1-2H3/t12-/m0/s1. The molecule has 3 aromatic heterocycles. The summed E-state index contributed by atoms with van der Waals surface area (Å²) in [6, 6.07) is 4.41. The zero-order valence-corrected chi connectivity index (χ0v) is 16.7. The van der Waals surface area contributed by atoms with Crippen LogP contribution in [0.3, 0.4) is 0 Å². The van der Waals surface area contributed by atoms with Gasteiger partial charge in [-0.3, -0.25) is 4.72 Å². The largest absolute Gasteiger partial charge is 0.463 e. The van der Waals surface area contributed by atoms with Gasteiger partial charge in [-0.1, -0.05) is 5.16 Å². The molecule has 1 aliphatic rings. The molecule has 0 aliphatic carbocycles. The smallest absolute Gasteiger partial charge is 0.268 e. The first kappa shape index (κ1) is 18.7. The van der Waals surface area contributed by atoms with Crippen LogP contribution in [-0.4, -0.2) is 43.3 Å². The van der Waals surface area contributed by atoms with Crippen LogP contribution in [0, 0.1) is 13.8 Å². The van der Waals surface area contributed by atoms with E-state index in [0.29, 0.717) is 17.9 Å². The first-order chi connectivity index (χ1) is 13.2. The Kier molecular flexibility index (Phi) is 4.34. The molecule has 0 radical (unpaired) electrons. The monoisotopic (exact) mass is 426 g/mol. The maximum absolute atomic E-state index is 12.9. The van der Waals surface area contributed by atoms with Crippen LogP contribution in [0.25, 0.3) is 11.5 Å². The van der Waals surface area contributed by atoms with Crippen molar-refractivity contribution in [1.29, 1.82) is 0 Å². The second kappa shape index (κ2) is 6.48. The number of hydrogen-bond donors (Lipinski definition) is 1. The number of anilines is 1. The molecule has 150 valence electrons. The van der Waals surface area contributed by atoms with E-state index in [-0.39, 0.29) is 33.7 Å². The van der Waals surface area contributed by atoms with Gasteiger partial charge in [-0.25, -0.2) is 21.5 Å². The van der Waals surface area contributed by atoms with Gasteiger partial charge in [-0.05, 0) is 32.4 Å². The van der Waals surface area contributed by atoms with Gasteiger partial charge in [0.15, 0.2) is 26.3 Å². The van der Waals surface area contributed by atoms with Crippen molar-refractivity contribution in [3.05, 3.63) is 35.9 Å². The molecule has 4 heterocycles. The number of nitrogens with zero attached hydrogens (tertiary/aromatic N) is 3. The summed E-state index contributed by atoms with van der Waals surface area (Å²) < 4.78 is 63.8. The Bertz CT molecular complexity index is 1200. The molecule has 3 aromatic rings. The zero-order valence-electron chi connectivity index (χ0n) is 15.1. The fourth-order valence-corrected chi connectivity index (χ4v) is 6.37. The minimum Gasteiger partial charge on any atom is -0.463 e. The van der Waals surface area contributed by atoms with Crippen LogP contribution in [0.1, 0.15) is 23.9 Å². The summed E-state index contributed by atoms with van der Waals surface area (Å²) in [5.41, 5.74) is 0.622. The number of aromatic nitrogens is 3. The second-order valence-corrected chi connectivity index (χ2v) is 10.5. The predicted molar refractivity (Wildman–Crippen MR) is 99.0 cm³/mol. The van der Waals surface area contributed by atoms with Crippen LogP contribution in [0.15, 0.2) is 38.3 Å². The molecule has 28 heavy (non-hydrogen) atoms. The van der Waals surface area contributed by atoms with Crippen LogP contribution in [0.5, 0.6) is 0 Å². The summed E-state index contributed by atoms with van der Waals surface area (Å²) >= 11 is 0. The fourth-order valence-electron chi connectivity index (χ4n) is 3.31. The van der Waals surface area contributed by atoms with Crippen molar-refractivity contribution >= 4 is 25.7 Å². The normalized spacial score (nSPS) is 19.1. The predicted octanol–water partition coefficient (Wildman–Crippen LogP) is 1.91. The van der Waals surface area contributed by atoms with Crippen LogP contribution in [0.2, 0.25) is 0 Å². The summed E-state index contributed by atoms with van der Waals surface area (Å²) in [6.45, 7) is 3.03. The maximum atomic E-state index is 12.9. The number of nitrogens with one attached hydrogen (secondary N) is 1. The SMILES string of the molecule is Cc1noc(C)c1S(=O)(=O)Nc1cc(-c2ccco2)nn1[C@H]1CCS(=O)(=O)C1. The zero-order chi connectivity index (χ0) is 20.1. The van der Waals surface area contributed by atoms with Gasteiger partial charge in [0.25, 0.3) is 10.0 Å². The quantitative estimate of drug-likeness (QED) is 0.653. The fraction of sp³-hybridized carbons (Fsp3) is 0.375. The third-order valence-electron chi connectivity index (χ3n) is 4.54. The van der Waals surface area contributed by atoms with E-state index in [2.05, 4.69) is 15.0 Å². The van der Waals surface area contributed by atoms with E-state index in [1.807, 2.05) is 0 Å². The highest BCUT2D eigenvalue weighted by atomic mass is 32.2. The van der Waals surface area contributed by atoms with Crippen LogP contribution < -0.4 is 4.72 Å². The lowest BCUT2D eigenvalue weighted by Crippen LogP contribution is -2.20. The van der Waals surface area contributed by atoms with Gasteiger partial charge in [0.1, 0.15) is 17.2 Å². The van der Waals surface area contributed by atoms with E-state index in [1.165, 1.54) is 30.9 Å². The molecule has 0 spiro atoms. The summed E-state index contributed by atoms with van der Waals surface area (Å²) in [6.07, 6.45) is 1.82. The van der Waals surface area contributed by atoms with E-state index >= 15 is 0 Å². The molecule has 1 saturated heterocycles. The van der Waals surface area contributed by atoms with Crippen LogP contribution >= 0.6 is 0 Å². The number of hydrogen-bond acceptors (Lipinski definition) is 8. The van der Waals surface area contributed by atoms with E-state index in [4.69, 9.17) is 8.94 Å². The van der Waals surface area contributed by atoms with Gasteiger partial charge in [0.2, 0.25) is 0 Å². The maximum Gasteiger partial charge on any atom is 0.268 e. The third kappa shape index (κ3) is 3.33. The van der Waals surface area contributed by atoms with Gasteiger partial charge >= 0.3 is 0 Å². The number of sulfonamides is 1. The second-order valence-electron chi connectivity index (χ2n) is 6.65. The minimum atomic E-state index is -4.01. The Labute approximate surface area is 161 Å². The summed E-state index contributed by atoms with van der Waals surface area (Å²) in [5, 5.41) is 8.08. The summed E-state index contributed by atoms with van der Waals surface area (Å²) in [5.74, 6) is 0.673. The Morgan fingerprint density at radius 2 is 2.11 bits per heavy atom. The number of aryl methyl sites for hydroxylation is 2. The van der Waals surface area contributed by atoms with Crippen molar-refractivity contribution in [2.75, 3.05) is 16.2 Å². The van der Waals surface area contributed by atoms with Gasteiger partial charge in [-0.15, -0.1) is 0 Å². The van der Waals surface area contributed by atoms with Crippen molar-refractivity contribution in [3.8, 4) is 11.5 Å². The number of furan rings is 1. The summed E-state index contributed by atoms with van der Waals surface area (Å²) in [7, 11) is -7.21. The Morgan fingerprint density at radius 3 is 2.68 bits per heavy atom. The van der Waals surface area contributed by atoms with E-state index in [1.54, 1.807) is 12.1 Å². The molecular weight excluding hydrogens is 408 g/mol. The molecule has 1 N–H and O–H groups in total. The highest BCUT2D eigenvalue weighted by molar-refractivity contribution is 7.92. The lowest BCUT2D eigenvalue weighted by Gasteiger charge is -2.14. The van der Waals surface area contributed by atoms with E-state index < -0.39 is 25.9 Å². The lowest BCUT2D eigenvalue weighted by molar-refractivity contribution is 0.390. The summed E-state index contributed by atoms with van der Waals surface area (Å²) in [4.78, 5) is -0.0566.